The van der Waals surface area contributed by atoms with E-state index in [1.165, 1.54) is 4.57 Å². The SMILES string of the molecule is Cn1c(=O)oc2cc(NC(=O)C3(n4cccn4)CCNCC3)ccc21. The molecule has 1 aliphatic rings. The molecule has 25 heavy (non-hydrogen) atoms. The fraction of sp³-hybridized carbons (Fsp3) is 0.353. The number of amides is 1. The molecule has 3 heterocycles. The third-order valence-electron chi connectivity index (χ3n) is 4.85. The highest BCUT2D eigenvalue weighted by Crippen LogP contribution is 2.29. The van der Waals surface area contributed by atoms with Crippen molar-refractivity contribution in [2.24, 2.45) is 7.05 Å². The number of nitrogens with zero attached hydrogens (tertiary/aromatic N) is 3. The normalized spacial score (nSPS) is 16.8. The Bertz CT molecular complexity index is 964. The zero-order chi connectivity index (χ0) is 17.4. The molecular weight excluding hydrogens is 322 g/mol. The Hall–Kier alpha value is -2.87. The molecule has 2 N–H and O–H groups in total. The number of fused-ring (bicyclic) bond motifs is 1. The molecule has 130 valence electrons. The average Bonchev–Trinajstić information content (AvgIpc) is 3.25. The number of anilines is 1. The first-order valence-electron chi connectivity index (χ1n) is 8.22. The number of carbonyl (C=O) groups is 1. The summed E-state index contributed by atoms with van der Waals surface area (Å²) in [6.45, 7) is 1.50. The minimum absolute atomic E-state index is 0.115. The summed E-state index contributed by atoms with van der Waals surface area (Å²) in [5, 5.41) is 10.5. The van der Waals surface area contributed by atoms with Gasteiger partial charge in [0.1, 0.15) is 5.54 Å². The van der Waals surface area contributed by atoms with Crippen LogP contribution in [-0.2, 0) is 17.4 Å². The first-order chi connectivity index (χ1) is 12.1. The predicted octanol–water partition coefficient (Wildman–Crippen LogP) is 1.05. The highest BCUT2D eigenvalue weighted by atomic mass is 16.4. The minimum atomic E-state index is -0.721. The van der Waals surface area contributed by atoms with Gasteiger partial charge in [-0.25, -0.2) is 4.79 Å². The molecule has 0 bridgehead atoms. The van der Waals surface area contributed by atoms with Crippen LogP contribution in [0.2, 0.25) is 0 Å². The smallest absolute Gasteiger partial charge is 0.408 e. The third-order valence-corrected chi connectivity index (χ3v) is 4.85. The Morgan fingerprint density at radius 3 is 2.88 bits per heavy atom. The number of aromatic nitrogens is 3. The molecule has 0 unspecified atom stereocenters. The van der Waals surface area contributed by atoms with Crippen molar-refractivity contribution >= 4 is 22.7 Å². The van der Waals surface area contributed by atoms with Crippen LogP contribution in [0.3, 0.4) is 0 Å². The van der Waals surface area contributed by atoms with Gasteiger partial charge in [0, 0.05) is 31.2 Å². The van der Waals surface area contributed by atoms with Gasteiger partial charge in [0.05, 0.1) is 5.52 Å². The molecule has 1 amide bonds. The summed E-state index contributed by atoms with van der Waals surface area (Å²) in [6.07, 6.45) is 4.82. The maximum atomic E-state index is 13.1. The molecule has 1 saturated heterocycles. The van der Waals surface area contributed by atoms with Crippen LogP contribution in [0, 0.1) is 0 Å². The van der Waals surface area contributed by atoms with Crippen molar-refractivity contribution < 1.29 is 9.21 Å². The molecule has 3 aromatic rings. The maximum Gasteiger partial charge on any atom is 0.419 e. The van der Waals surface area contributed by atoms with E-state index in [1.54, 1.807) is 36.1 Å². The van der Waals surface area contributed by atoms with Gasteiger partial charge in [-0.1, -0.05) is 0 Å². The molecule has 0 spiro atoms. The molecule has 0 radical (unpaired) electrons. The molecule has 8 heteroatoms. The number of oxazole rings is 1. The second kappa shape index (κ2) is 5.89. The molecule has 0 saturated carbocycles. The van der Waals surface area contributed by atoms with Crippen LogP contribution in [0.1, 0.15) is 12.8 Å². The van der Waals surface area contributed by atoms with Gasteiger partial charge in [-0.15, -0.1) is 0 Å². The molecule has 0 aliphatic carbocycles. The zero-order valence-corrected chi connectivity index (χ0v) is 13.9. The highest BCUT2D eigenvalue weighted by Gasteiger charge is 2.42. The fourth-order valence-corrected chi connectivity index (χ4v) is 3.38. The molecule has 2 aromatic heterocycles. The molecule has 1 fully saturated rings. The quantitative estimate of drug-likeness (QED) is 0.742. The second-order valence-corrected chi connectivity index (χ2v) is 6.30. The molecule has 1 aliphatic heterocycles. The van der Waals surface area contributed by atoms with Gasteiger partial charge < -0.3 is 15.1 Å². The summed E-state index contributed by atoms with van der Waals surface area (Å²) in [6, 6.07) is 7.03. The van der Waals surface area contributed by atoms with Crippen molar-refractivity contribution in [1.82, 2.24) is 19.7 Å². The number of hydrogen-bond donors (Lipinski definition) is 2. The van der Waals surface area contributed by atoms with Crippen molar-refractivity contribution in [3.63, 3.8) is 0 Å². The van der Waals surface area contributed by atoms with Gasteiger partial charge in [0.2, 0.25) is 0 Å². The molecule has 1 aromatic carbocycles. The highest BCUT2D eigenvalue weighted by molar-refractivity contribution is 5.98. The number of hydrogen-bond acceptors (Lipinski definition) is 5. The lowest BCUT2D eigenvalue weighted by atomic mass is 9.87. The van der Waals surface area contributed by atoms with E-state index in [0.717, 1.165) is 13.1 Å². The topological polar surface area (TPSA) is 94.1 Å². The van der Waals surface area contributed by atoms with Crippen molar-refractivity contribution in [3.8, 4) is 0 Å². The van der Waals surface area contributed by atoms with Crippen LogP contribution >= 0.6 is 0 Å². The number of piperidine rings is 1. The van der Waals surface area contributed by atoms with E-state index in [1.807, 2.05) is 12.3 Å². The predicted molar refractivity (Wildman–Crippen MR) is 92.4 cm³/mol. The Balaban J connectivity index is 1.66. The first-order valence-corrected chi connectivity index (χ1v) is 8.22. The Kier molecular flexibility index (Phi) is 3.69. The van der Waals surface area contributed by atoms with Crippen LogP contribution < -0.4 is 16.4 Å². The number of aryl methyl sites for hydroxylation is 1. The summed E-state index contributed by atoms with van der Waals surface area (Å²) in [5.41, 5.74) is 1.01. The van der Waals surface area contributed by atoms with E-state index >= 15 is 0 Å². The van der Waals surface area contributed by atoms with Crippen LogP contribution in [0.15, 0.2) is 45.9 Å². The number of carbonyl (C=O) groups excluding carboxylic acids is 1. The van der Waals surface area contributed by atoms with Gasteiger partial charge in [0.15, 0.2) is 5.58 Å². The van der Waals surface area contributed by atoms with Gasteiger partial charge in [-0.3, -0.25) is 14.0 Å². The molecule has 4 rings (SSSR count). The van der Waals surface area contributed by atoms with E-state index in [-0.39, 0.29) is 5.91 Å². The van der Waals surface area contributed by atoms with Crippen molar-refractivity contribution in [3.05, 3.63) is 47.2 Å². The van der Waals surface area contributed by atoms with E-state index in [2.05, 4.69) is 15.7 Å². The van der Waals surface area contributed by atoms with Gasteiger partial charge in [0.25, 0.3) is 5.91 Å². The Morgan fingerprint density at radius 2 is 2.16 bits per heavy atom. The zero-order valence-electron chi connectivity index (χ0n) is 13.9. The summed E-state index contributed by atoms with van der Waals surface area (Å²) < 4.78 is 8.36. The number of nitrogens with one attached hydrogen (secondary N) is 2. The summed E-state index contributed by atoms with van der Waals surface area (Å²) in [4.78, 5) is 24.7. The monoisotopic (exact) mass is 341 g/mol. The number of benzene rings is 1. The van der Waals surface area contributed by atoms with E-state index in [9.17, 15) is 9.59 Å². The van der Waals surface area contributed by atoms with Crippen LogP contribution in [-0.4, -0.2) is 33.3 Å². The van der Waals surface area contributed by atoms with Gasteiger partial charge in [-0.2, -0.15) is 5.10 Å². The minimum Gasteiger partial charge on any atom is -0.408 e. The summed E-state index contributed by atoms with van der Waals surface area (Å²) in [7, 11) is 1.65. The third kappa shape index (κ3) is 2.54. The maximum absolute atomic E-state index is 13.1. The Morgan fingerprint density at radius 1 is 1.36 bits per heavy atom. The van der Waals surface area contributed by atoms with E-state index in [0.29, 0.717) is 29.6 Å². The van der Waals surface area contributed by atoms with Crippen LogP contribution in [0.25, 0.3) is 11.1 Å². The van der Waals surface area contributed by atoms with Crippen LogP contribution in [0.5, 0.6) is 0 Å². The summed E-state index contributed by atoms with van der Waals surface area (Å²) >= 11 is 0. The lowest BCUT2D eigenvalue weighted by Gasteiger charge is -2.36. The standard InChI is InChI=1S/C17H19N5O3/c1-21-13-4-3-12(11-14(13)25-16(21)24)20-15(23)17(5-8-18-9-6-17)22-10-2-7-19-22/h2-4,7,10-11,18H,5-6,8-9H2,1H3,(H,20,23). The second-order valence-electron chi connectivity index (χ2n) is 6.30. The lowest BCUT2D eigenvalue weighted by molar-refractivity contribution is -0.126. The van der Waals surface area contributed by atoms with Crippen molar-refractivity contribution in [2.75, 3.05) is 18.4 Å². The average molecular weight is 341 g/mol. The van der Waals surface area contributed by atoms with Crippen molar-refractivity contribution in [2.45, 2.75) is 18.4 Å². The van der Waals surface area contributed by atoms with Crippen LogP contribution in [0.4, 0.5) is 5.69 Å². The van der Waals surface area contributed by atoms with E-state index in [4.69, 9.17) is 4.42 Å². The Labute approximate surface area is 143 Å². The number of rotatable bonds is 3. The van der Waals surface area contributed by atoms with Crippen molar-refractivity contribution in [1.29, 1.82) is 0 Å². The van der Waals surface area contributed by atoms with E-state index < -0.39 is 11.3 Å². The largest absolute Gasteiger partial charge is 0.419 e. The summed E-state index contributed by atoms with van der Waals surface area (Å²) in [5.74, 6) is -0.542. The van der Waals surface area contributed by atoms with Gasteiger partial charge >= 0.3 is 5.76 Å². The molecule has 8 nitrogen and oxygen atoms in total. The fourth-order valence-electron chi connectivity index (χ4n) is 3.38. The molecule has 0 atom stereocenters. The van der Waals surface area contributed by atoms with Gasteiger partial charge in [-0.05, 0) is 44.1 Å². The lowest BCUT2D eigenvalue weighted by Crippen LogP contribution is -2.52. The molecular formula is C17H19N5O3. The first kappa shape index (κ1) is 15.6.